The van der Waals surface area contributed by atoms with Crippen LogP contribution >= 0.6 is 0 Å². The van der Waals surface area contributed by atoms with Crippen molar-refractivity contribution >= 4 is 0 Å². The topological polar surface area (TPSA) is 121 Å². The number of aliphatic hydroxyl groups is 6. The molecule has 164 valence electrons. The molecule has 0 aliphatic heterocycles. The first kappa shape index (κ1) is 24.1. The average Bonchev–Trinajstić information content (AvgIpc) is 2.75. The van der Waals surface area contributed by atoms with Gasteiger partial charge in [-0.2, -0.15) is 0 Å². The zero-order valence-corrected chi connectivity index (χ0v) is 16.2. The molecule has 0 aliphatic carbocycles. The Balaban J connectivity index is 2.50. The lowest BCUT2D eigenvalue weighted by atomic mass is 9.73. The van der Waals surface area contributed by atoms with Crippen LogP contribution in [0.15, 0.2) is 61.2 Å². The molecule has 0 fully saturated rings. The van der Waals surface area contributed by atoms with Crippen LogP contribution < -0.4 is 0 Å². The van der Waals surface area contributed by atoms with Crippen molar-refractivity contribution in [2.24, 2.45) is 0 Å². The number of hydrogen-bond donors (Lipinski definition) is 6. The van der Waals surface area contributed by atoms with Crippen LogP contribution in [-0.2, 0) is 12.8 Å². The third kappa shape index (κ3) is 4.92. The van der Waals surface area contributed by atoms with E-state index in [1.165, 1.54) is 36.4 Å². The second-order valence-electron chi connectivity index (χ2n) is 7.32. The van der Waals surface area contributed by atoms with Gasteiger partial charge < -0.3 is 30.6 Å². The molecular weight excluding hydrogens is 398 g/mol. The van der Waals surface area contributed by atoms with E-state index in [0.29, 0.717) is 0 Å². The summed E-state index contributed by atoms with van der Waals surface area (Å²) in [4.78, 5) is 0. The highest BCUT2D eigenvalue weighted by Gasteiger charge is 2.53. The Morgan fingerprint density at radius 1 is 0.867 bits per heavy atom. The van der Waals surface area contributed by atoms with E-state index >= 15 is 0 Å². The summed E-state index contributed by atoms with van der Waals surface area (Å²) in [7, 11) is 0. The molecule has 0 radical (unpaired) electrons. The third-order valence-corrected chi connectivity index (χ3v) is 5.23. The van der Waals surface area contributed by atoms with Crippen molar-refractivity contribution in [3.63, 3.8) is 0 Å². The molecule has 0 saturated heterocycles. The molecular formula is C22H26F2O6. The van der Waals surface area contributed by atoms with E-state index in [9.17, 15) is 39.4 Å². The molecule has 8 heteroatoms. The molecule has 2 aromatic carbocycles. The van der Waals surface area contributed by atoms with Gasteiger partial charge in [-0.15, -0.1) is 6.58 Å². The first-order valence-electron chi connectivity index (χ1n) is 9.29. The largest absolute Gasteiger partial charge is 0.394 e. The summed E-state index contributed by atoms with van der Waals surface area (Å²) >= 11 is 0. The summed E-state index contributed by atoms with van der Waals surface area (Å²) in [6, 6.07) is 10.7. The summed E-state index contributed by atoms with van der Waals surface area (Å²) < 4.78 is 28.3. The number of aliphatic hydroxyl groups excluding tert-OH is 4. The van der Waals surface area contributed by atoms with E-state index in [1.807, 2.05) is 0 Å². The fraction of sp³-hybridized carbons (Fsp3) is 0.364. The zero-order valence-electron chi connectivity index (χ0n) is 16.2. The van der Waals surface area contributed by atoms with Gasteiger partial charge in [-0.05, 0) is 23.3 Å². The van der Waals surface area contributed by atoms with Crippen LogP contribution in [0.3, 0.4) is 0 Å². The highest BCUT2D eigenvalue weighted by atomic mass is 19.1. The van der Waals surface area contributed by atoms with Crippen LogP contribution in [-0.4, -0.2) is 66.8 Å². The van der Waals surface area contributed by atoms with Gasteiger partial charge in [0.05, 0.1) is 6.61 Å². The fourth-order valence-corrected chi connectivity index (χ4v) is 3.40. The van der Waals surface area contributed by atoms with E-state index in [2.05, 4.69) is 6.58 Å². The van der Waals surface area contributed by atoms with Gasteiger partial charge >= 0.3 is 0 Å². The van der Waals surface area contributed by atoms with Gasteiger partial charge in [0, 0.05) is 12.8 Å². The predicted octanol–water partition coefficient (Wildman–Crippen LogP) is 0.473. The summed E-state index contributed by atoms with van der Waals surface area (Å²) in [5.41, 5.74) is -5.25. The molecule has 0 aliphatic rings. The van der Waals surface area contributed by atoms with Crippen molar-refractivity contribution in [1.29, 1.82) is 0 Å². The van der Waals surface area contributed by atoms with Crippen molar-refractivity contribution in [2.75, 3.05) is 6.61 Å². The van der Waals surface area contributed by atoms with E-state index in [4.69, 9.17) is 0 Å². The lowest BCUT2D eigenvalue weighted by Crippen LogP contribution is -2.66. The Hall–Kier alpha value is -2.20. The Morgan fingerprint density at radius 2 is 1.33 bits per heavy atom. The minimum Gasteiger partial charge on any atom is -0.394 e. The third-order valence-electron chi connectivity index (χ3n) is 5.23. The standard InChI is InChI=1S/C22H26F2O6/c1-2-21(29,11-14-7-3-5-9-16(14)23)20(28)22(30,19(27)18(26)13-25)12-15-8-4-6-10-17(15)24/h2-10,18-20,25-30H,1,11-13H2/t18-,19+,20+,21?,22+/m0/s1. The molecule has 5 atom stereocenters. The van der Waals surface area contributed by atoms with E-state index in [1.54, 1.807) is 0 Å². The summed E-state index contributed by atoms with van der Waals surface area (Å²) in [6.07, 6.45) is -6.76. The van der Waals surface area contributed by atoms with Gasteiger partial charge in [0.15, 0.2) is 0 Å². The number of rotatable bonds is 10. The monoisotopic (exact) mass is 424 g/mol. The first-order chi connectivity index (χ1) is 14.1. The summed E-state index contributed by atoms with van der Waals surface area (Å²) in [6.45, 7) is 2.45. The van der Waals surface area contributed by atoms with Crippen LogP contribution in [0.25, 0.3) is 0 Å². The molecule has 2 aromatic rings. The molecule has 0 heterocycles. The fourth-order valence-electron chi connectivity index (χ4n) is 3.40. The van der Waals surface area contributed by atoms with Gasteiger partial charge in [0.1, 0.15) is 41.1 Å². The second-order valence-corrected chi connectivity index (χ2v) is 7.32. The van der Waals surface area contributed by atoms with Crippen LogP contribution in [0, 0.1) is 11.6 Å². The SMILES string of the molecule is C=CC(O)(Cc1ccccc1F)[C@@H](O)[C@@](O)(Cc1ccccc1F)[C@H](O)[C@@H](O)CO. The van der Waals surface area contributed by atoms with Crippen molar-refractivity contribution in [3.05, 3.63) is 83.9 Å². The lowest BCUT2D eigenvalue weighted by molar-refractivity contribution is -0.218. The minimum absolute atomic E-state index is 0.00983. The van der Waals surface area contributed by atoms with Gasteiger partial charge in [0.25, 0.3) is 0 Å². The maximum Gasteiger partial charge on any atom is 0.126 e. The van der Waals surface area contributed by atoms with Crippen molar-refractivity contribution < 1.29 is 39.4 Å². The van der Waals surface area contributed by atoms with E-state index in [-0.39, 0.29) is 11.1 Å². The molecule has 2 rings (SSSR count). The van der Waals surface area contributed by atoms with Crippen LogP contribution in [0.4, 0.5) is 8.78 Å². The molecule has 0 aromatic heterocycles. The Labute approximate surface area is 173 Å². The molecule has 0 spiro atoms. The average molecular weight is 424 g/mol. The van der Waals surface area contributed by atoms with Crippen LogP contribution in [0.2, 0.25) is 0 Å². The Morgan fingerprint density at radius 3 is 1.77 bits per heavy atom. The number of hydrogen-bond acceptors (Lipinski definition) is 6. The Bertz CT molecular complexity index is 863. The predicted molar refractivity (Wildman–Crippen MR) is 105 cm³/mol. The van der Waals surface area contributed by atoms with Gasteiger partial charge in [-0.25, -0.2) is 8.78 Å². The van der Waals surface area contributed by atoms with Crippen molar-refractivity contribution in [1.82, 2.24) is 0 Å². The highest BCUT2D eigenvalue weighted by Crippen LogP contribution is 2.34. The van der Waals surface area contributed by atoms with Gasteiger partial charge in [-0.1, -0.05) is 42.5 Å². The molecule has 0 amide bonds. The first-order valence-corrected chi connectivity index (χ1v) is 9.29. The number of halogens is 2. The zero-order chi connectivity index (χ0) is 22.5. The minimum atomic E-state index is -2.74. The van der Waals surface area contributed by atoms with Gasteiger partial charge in [0.2, 0.25) is 0 Å². The molecule has 6 nitrogen and oxygen atoms in total. The maximum atomic E-state index is 14.2. The smallest absolute Gasteiger partial charge is 0.126 e. The summed E-state index contributed by atoms with van der Waals surface area (Å²) in [5.74, 6) is -1.44. The normalized spacial score (nSPS) is 18.7. The molecule has 6 N–H and O–H groups in total. The van der Waals surface area contributed by atoms with E-state index < -0.39 is 60.6 Å². The van der Waals surface area contributed by atoms with Crippen molar-refractivity contribution in [3.8, 4) is 0 Å². The van der Waals surface area contributed by atoms with Crippen molar-refractivity contribution in [2.45, 2.75) is 42.4 Å². The van der Waals surface area contributed by atoms with Crippen LogP contribution in [0.5, 0.6) is 0 Å². The molecule has 30 heavy (non-hydrogen) atoms. The molecule has 0 bridgehead atoms. The second kappa shape index (κ2) is 9.74. The quantitative estimate of drug-likeness (QED) is 0.309. The highest BCUT2D eigenvalue weighted by molar-refractivity contribution is 5.26. The lowest BCUT2D eigenvalue weighted by Gasteiger charge is -2.45. The maximum absolute atomic E-state index is 14.2. The Kier molecular flexibility index (Phi) is 7.81. The van der Waals surface area contributed by atoms with Crippen LogP contribution in [0.1, 0.15) is 11.1 Å². The van der Waals surface area contributed by atoms with E-state index in [0.717, 1.165) is 18.2 Å². The summed E-state index contributed by atoms with van der Waals surface area (Å²) in [5, 5.41) is 62.7. The van der Waals surface area contributed by atoms with Gasteiger partial charge in [-0.3, -0.25) is 0 Å². The molecule has 0 saturated carbocycles. The molecule has 1 unspecified atom stereocenters. The number of benzene rings is 2.